The molecule has 31 heavy (non-hydrogen) atoms. The maximum absolute atomic E-state index is 12.9. The molecule has 1 saturated heterocycles. The monoisotopic (exact) mass is 435 g/mol. The van der Waals surface area contributed by atoms with Crippen LogP contribution in [0.3, 0.4) is 0 Å². The van der Waals surface area contributed by atoms with Gasteiger partial charge >= 0.3 is 0 Å². The summed E-state index contributed by atoms with van der Waals surface area (Å²) in [5.74, 6) is 0.732. The third kappa shape index (κ3) is 4.86. The SMILES string of the molecule is CCN1CCN(c2ccc(C(=O)Nc3ccc(Cl)c(-c4ccccn4)c3)c(C)n2)CC1. The lowest BCUT2D eigenvalue weighted by molar-refractivity contribution is 0.102. The number of carbonyl (C=O) groups excluding carboxylic acids is 1. The van der Waals surface area contributed by atoms with Crippen LogP contribution in [0.2, 0.25) is 5.02 Å². The number of likely N-dealkylation sites (N-methyl/N-ethyl adjacent to an activating group) is 1. The number of halogens is 1. The Hall–Kier alpha value is -2.96. The van der Waals surface area contributed by atoms with E-state index in [0.29, 0.717) is 22.0 Å². The van der Waals surface area contributed by atoms with E-state index in [4.69, 9.17) is 16.6 Å². The number of carbonyl (C=O) groups is 1. The Labute approximate surface area is 187 Å². The van der Waals surface area contributed by atoms with E-state index >= 15 is 0 Å². The zero-order valence-electron chi connectivity index (χ0n) is 17.8. The Kier molecular flexibility index (Phi) is 6.49. The number of anilines is 2. The Bertz CT molecular complexity index is 1060. The lowest BCUT2D eigenvalue weighted by Crippen LogP contribution is -2.46. The van der Waals surface area contributed by atoms with Crippen LogP contribution < -0.4 is 10.2 Å². The molecule has 0 spiro atoms. The number of benzene rings is 1. The van der Waals surface area contributed by atoms with Crippen molar-refractivity contribution in [3.05, 3.63) is 71.0 Å². The van der Waals surface area contributed by atoms with Crippen molar-refractivity contribution in [3.8, 4) is 11.3 Å². The molecule has 0 saturated carbocycles. The van der Waals surface area contributed by atoms with Crippen molar-refractivity contribution in [3.63, 3.8) is 0 Å². The molecule has 1 aromatic carbocycles. The van der Waals surface area contributed by atoms with Gasteiger partial charge in [0.05, 0.1) is 22.0 Å². The summed E-state index contributed by atoms with van der Waals surface area (Å²) in [5, 5.41) is 3.55. The first-order valence-electron chi connectivity index (χ1n) is 10.5. The molecule has 1 amide bonds. The predicted molar refractivity (Wildman–Crippen MR) is 126 cm³/mol. The van der Waals surface area contributed by atoms with E-state index in [2.05, 4.69) is 27.0 Å². The normalized spacial score (nSPS) is 14.5. The zero-order chi connectivity index (χ0) is 21.8. The fraction of sp³-hybridized carbons (Fsp3) is 0.292. The summed E-state index contributed by atoms with van der Waals surface area (Å²) < 4.78 is 0. The van der Waals surface area contributed by atoms with Gasteiger partial charge in [0.15, 0.2) is 0 Å². The molecule has 0 unspecified atom stereocenters. The van der Waals surface area contributed by atoms with E-state index in [0.717, 1.165) is 49.8 Å². The summed E-state index contributed by atoms with van der Waals surface area (Å²) in [4.78, 5) is 26.7. The number of rotatable bonds is 5. The molecule has 160 valence electrons. The van der Waals surface area contributed by atoms with Crippen LogP contribution in [0.15, 0.2) is 54.7 Å². The highest BCUT2D eigenvalue weighted by Gasteiger charge is 2.19. The number of aromatic nitrogens is 2. The summed E-state index contributed by atoms with van der Waals surface area (Å²) >= 11 is 6.35. The van der Waals surface area contributed by atoms with Crippen molar-refractivity contribution in [2.45, 2.75) is 13.8 Å². The molecule has 7 heteroatoms. The summed E-state index contributed by atoms with van der Waals surface area (Å²) in [6.45, 7) is 9.11. The molecule has 1 aliphatic rings. The van der Waals surface area contributed by atoms with Gasteiger partial charge in [-0.2, -0.15) is 0 Å². The van der Waals surface area contributed by atoms with Crippen LogP contribution in [0.5, 0.6) is 0 Å². The third-order valence-electron chi connectivity index (χ3n) is 5.62. The number of pyridine rings is 2. The minimum absolute atomic E-state index is 0.193. The van der Waals surface area contributed by atoms with E-state index in [1.165, 1.54) is 0 Å². The highest BCUT2D eigenvalue weighted by molar-refractivity contribution is 6.33. The molecule has 6 nitrogen and oxygen atoms in total. The fourth-order valence-corrected chi connectivity index (χ4v) is 3.99. The third-order valence-corrected chi connectivity index (χ3v) is 5.95. The minimum atomic E-state index is -0.193. The number of hydrogen-bond donors (Lipinski definition) is 1. The molecular formula is C24H26ClN5O. The topological polar surface area (TPSA) is 61.4 Å². The summed E-state index contributed by atoms with van der Waals surface area (Å²) in [5.41, 5.74) is 3.47. The van der Waals surface area contributed by atoms with Crippen molar-refractivity contribution >= 4 is 29.0 Å². The second kappa shape index (κ2) is 9.45. The Morgan fingerprint density at radius 2 is 1.90 bits per heavy atom. The Morgan fingerprint density at radius 3 is 2.58 bits per heavy atom. The van der Waals surface area contributed by atoms with Crippen LogP contribution in [0.25, 0.3) is 11.3 Å². The van der Waals surface area contributed by atoms with Crippen molar-refractivity contribution in [2.24, 2.45) is 0 Å². The van der Waals surface area contributed by atoms with Gasteiger partial charge in [-0.3, -0.25) is 9.78 Å². The van der Waals surface area contributed by atoms with E-state index < -0.39 is 0 Å². The van der Waals surface area contributed by atoms with Crippen LogP contribution in [-0.2, 0) is 0 Å². The van der Waals surface area contributed by atoms with E-state index in [1.807, 2.05) is 43.3 Å². The van der Waals surface area contributed by atoms with Crippen LogP contribution in [0, 0.1) is 6.92 Å². The lowest BCUT2D eigenvalue weighted by Gasteiger charge is -2.34. The van der Waals surface area contributed by atoms with Gasteiger partial charge in [0.1, 0.15) is 5.82 Å². The number of piperazine rings is 1. The van der Waals surface area contributed by atoms with Crippen LogP contribution in [0.4, 0.5) is 11.5 Å². The van der Waals surface area contributed by atoms with Crippen LogP contribution in [0.1, 0.15) is 23.0 Å². The Balaban J connectivity index is 1.49. The quantitative estimate of drug-likeness (QED) is 0.639. The number of amides is 1. The second-order valence-corrected chi connectivity index (χ2v) is 7.99. The van der Waals surface area contributed by atoms with Crippen LogP contribution in [-0.4, -0.2) is 53.5 Å². The highest BCUT2D eigenvalue weighted by Crippen LogP contribution is 2.29. The van der Waals surface area contributed by atoms with Gasteiger partial charge in [0, 0.05) is 43.6 Å². The van der Waals surface area contributed by atoms with Crippen molar-refractivity contribution in [2.75, 3.05) is 42.9 Å². The van der Waals surface area contributed by atoms with Crippen LogP contribution >= 0.6 is 11.6 Å². The molecule has 1 fully saturated rings. The van der Waals surface area contributed by atoms with Gasteiger partial charge in [0.25, 0.3) is 5.91 Å². The highest BCUT2D eigenvalue weighted by atomic mass is 35.5. The van der Waals surface area contributed by atoms with E-state index in [1.54, 1.807) is 18.3 Å². The van der Waals surface area contributed by atoms with Crippen molar-refractivity contribution < 1.29 is 4.79 Å². The molecular weight excluding hydrogens is 410 g/mol. The molecule has 1 aliphatic heterocycles. The number of hydrogen-bond acceptors (Lipinski definition) is 5. The molecule has 3 aromatic rings. The van der Waals surface area contributed by atoms with Crippen molar-refractivity contribution in [1.29, 1.82) is 0 Å². The molecule has 0 atom stereocenters. The average Bonchev–Trinajstić information content (AvgIpc) is 2.80. The van der Waals surface area contributed by atoms with Gasteiger partial charge in [-0.15, -0.1) is 0 Å². The number of aryl methyl sites for hydroxylation is 1. The van der Waals surface area contributed by atoms with Gasteiger partial charge in [-0.25, -0.2) is 4.98 Å². The first kappa shape index (κ1) is 21.3. The average molecular weight is 436 g/mol. The smallest absolute Gasteiger partial charge is 0.257 e. The molecule has 2 aromatic heterocycles. The summed E-state index contributed by atoms with van der Waals surface area (Å²) in [6.07, 6.45) is 1.72. The molecule has 0 radical (unpaired) electrons. The first-order chi connectivity index (χ1) is 15.0. The predicted octanol–water partition coefficient (Wildman–Crippen LogP) is 4.50. The lowest BCUT2D eigenvalue weighted by atomic mass is 10.1. The minimum Gasteiger partial charge on any atom is -0.354 e. The largest absolute Gasteiger partial charge is 0.354 e. The summed E-state index contributed by atoms with van der Waals surface area (Å²) in [6, 6.07) is 14.8. The summed E-state index contributed by atoms with van der Waals surface area (Å²) in [7, 11) is 0. The van der Waals surface area contributed by atoms with Gasteiger partial charge in [-0.1, -0.05) is 24.6 Å². The number of nitrogens with zero attached hydrogens (tertiary/aromatic N) is 4. The molecule has 1 N–H and O–H groups in total. The second-order valence-electron chi connectivity index (χ2n) is 7.59. The van der Waals surface area contributed by atoms with E-state index in [9.17, 15) is 4.79 Å². The molecule has 0 bridgehead atoms. The standard InChI is InChI=1S/C24H26ClN5O/c1-3-29-12-14-30(15-13-29)23-10-8-19(17(2)27-23)24(31)28-18-7-9-21(25)20(16-18)22-6-4-5-11-26-22/h4-11,16H,3,12-15H2,1-2H3,(H,28,31). The first-order valence-corrected chi connectivity index (χ1v) is 10.9. The van der Waals surface area contributed by atoms with Crippen molar-refractivity contribution in [1.82, 2.24) is 14.9 Å². The van der Waals surface area contributed by atoms with E-state index in [-0.39, 0.29) is 5.91 Å². The molecule has 0 aliphatic carbocycles. The fourth-order valence-electron chi connectivity index (χ4n) is 3.78. The molecule has 3 heterocycles. The maximum atomic E-state index is 12.9. The molecule has 4 rings (SSSR count). The Morgan fingerprint density at radius 1 is 1.10 bits per heavy atom. The maximum Gasteiger partial charge on any atom is 0.257 e. The van der Waals surface area contributed by atoms with Gasteiger partial charge in [-0.05, 0) is 55.9 Å². The number of nitrogens with one attached hydrogen (secondary N) is 1. The van der Waals surface area contributed by atoms with Gasteiger partial charge in [0.2, 0.25) is 0 Å². The zero-order valence-corrected chi connectivity index (χ0v) is 18.6. The van der Waals surface area contributed by atoms with Gasteiger partial charge < -0.3 is 15.1 Å².